The molecule has 1 aliphatic heterocycles. The van der Waals surface area contributed by atoms with Crippen LogP contribution in [0.4, 0.5) is 0 Å². The third-order valence-electron chi connectivity index (χ3n) is 3.93. The number of nitrogens with one attached hydrogen (secondary N) is 3. The van der Waals surface area contributed by atoms with Crippen molar-refractivity contribution >= 4 is 5.91 Å². The lowest BCUT2D eigenvalue weighted by Crippen LogP contribution is -2.31. The highest BCUT2D eigenvalue weighted by Gasteiger charge is 2.15. The van der Waals surface area contributed by atoms with Crippen LogP contribution in [0.5, 0.6) is 5.75 Å². The number of rotatable bonds is 2. The number of ether oxygens (including phenoxy) is 1. The van der Waals surface area contributed by atoms with Crippen molar-refractivity contribution in [3.8, 4) is 5.75 Å². The summed E-state index contributed by atoms with van der Waals surface area (Å²) in [6.07, 6.45) is 3.67. The van der Waals surface area contributed by atoms with Gasteiger partial charge < -0.3 is 20.7 Å². The number of hydrogen-bond donors (Lipinski definition) is 3. The van der Waals surface area contributed by atoms with Gasteiger partial charge in [-0.2, -0.15) is 0 Å². The lowest BCUT2D eigenvalue weighted by atomic mass is 10.0. The predicted molar refractivity (Wildman–Crippen MR) is 88.1 cm³/mol. The maximum absolute atomic E-state index is 12.1. The van der Waals surface area contributed by atoms with E-state index in [1.54, 1.807) is 7.11 Å². The van der Waals surface area contributed by atoms with E-state index in [1.807, 2.05) is 24.3 Å². The van der Waals surface area contributed by atoms with Crippen LogP contribution in [0, 0.1) is 0 Å². The second-order valence-electron chi connectivity index (χ2n) is 5.64. The number of amides is 1. The Kier molecular flexibility index (Phi) is 7.19. The first-order valence-corrected chi connectivity index (χ1v) is 8.14. The lowest BCUT2D eigenvalue weighted by Gasteiger charge is -2.19. The Morgan fingerprint density at radius 2 is 1.73 bits per heavy atom. The van der Waals surface area contributed by atoms with Crippen LogP contribution in [0.25, 0.3) is 0 Å². The van der Waals surface area contributed by atoms with Crippen LogP contribution in [0.15, 0.2) is 24.3 Å². The molecule has 2 rings (SSSR count). The normalized spacial score (nSPS) is 21.9. The van der Waals surface area contributed by atoms with Gasteiger partial charge in [-0.25, -0.2) is 0 Å². The lowest BCUT2D eigenvalue weighted by molar-refractivity contribution is -0.121. The van der Waals surface area contributed by atoms with E-state index in [0.717, 1.165) is 56.8 Å². The molecule has 0 aromatic heterocycles. The van der Waals surface area contributed by atoms with E-state index in [9.17, 15) is 4.79 Å². The van der Waals surface area contributed by atoms with Crippen molar-refractivity contribution in [2.24, 2.45) is 0 Å². The number of methoxy groups -OCH3 is 1. The molecule has 3 N–H and O–H groups in total. The Hall–Kier alpha value is -1.59. The molecule has 1 heterocycles. The molecular formula is C17H27N3O2. The van der Waals surface area contributed by atoms with Gasteiger partial charge in [0.1, 0.15) is 5.75 Å². The van der Waals surface area contributed by atoms with E-state index in [-0.39, 0.29) is 11.9 Å². The van der Waals surface area contributed by atoms with E-state index in [4.69, 9.17) is 4.74 Å². The molecule has 1 saturated heterocycles. The number of carbonyl (C=O) groups is 1. The second-order valence-corrected chi connectivity index (χ2v) is 5.64. The van der Waals surface area contributed by atoms with Crippen molar-refractivity contribution in [3.63, 3.8) is 0 Å². The molecule has 122 valence electrons. The number of carbonyl (C=O) groups excluding carboxylic acids is 1. The van der Waals surface area contributed by atoms with Crippen molar-refractivity contribution < 1.29 is 9.53 Å². The first kappa shape index (κ1) is 16.8. The third kappa shape index (κ3) is 5.66. The Labute approximate surface area is 132 Å². The van der Waals surface area contributed by atoms with E-state index < -0.39 is 0 Å². The summed E-state index contributed by atoms with van der Waals surface area (Å²) in [5, 5.41) is 9.95. The smallest absolute Gasteiger partial charge is 0.221 e. The number of benzene rings is 1. The molecule has 0 bridgehead atoms. The largest absolute Gasteiger partial charge is 0.497 e. The molecule has 1 atom stereocenters. The monoisotopic (exact) mass is 305 g/mol. The van der Waals surface area contributed by atoms with Crippen LogP contribution >= 0.6 is 0 Å². The predicted octanol–water partition coefficient (Wildman–Crippen LogP) is 1.61. The van der Waals surface area contributed by atoms with Crippen molar-refractivity contribution in [1.82, 2.24) is 16.0 Å². The maximum atomic E-state index is 12.1. The van der Waals surface area contributed by atoms with Crippen LogP contribution in [0.3, 0.4) is 0 Å². The maximum Gasteiger partial charge on any atom is 0.221 e. The summed E-state index contributed by atoms with van der Waals surface area (Å²) in [6, 6.07) is 7.99. The Bertz CT molecular complexity index is 448. The third-order valence-corrected chi connectivity index (χ3v) is 3.93. The van der Waals surface area contributed by atoms with Gasteiger partial charge in [0.2, 0.25) is 5.91 Å². The fourth-order valence-electron chi connectivity index (χ4n) is 2.62. The molecule has 0 aliphatic carbocycles. The Morgan fingerprint density at radius 1 is 1.00 bits per heavy atom. The molecule has 0 spiro atoms. The Morgan fingerprint density at radius 3 is 2.50 bits per heavy atom. The highest BCUT2D eigenvalue weighted by molar-refractivity contribution is 5.76. The zero-order chi connectivity index (χ0) is 15.6. The molecule has 5 nitrogen and oxygen atoms in total. The number of hydrogen-bond acceptors (Lipinski definition) is 4. The minimum atomic E-state index is 0.0478. The standard InChI is InChI=1S/C17H27N3O2/c1-22-15-7-5-14(6-8-15)16-13-17(21)20-11-3-2-9-18-10-4-12-19-16/h5-8,16,18-19H,2-4,9-13H2,1H3,(H,20,21)/t16-/m0/s1. The second kappa shape index (κ2) is 9.43. The first-order valence-electron chi connectivity index (χ1n) is 8.14. The van der Waals surface area contributed by atoms with Gasteiger partial charge in [0.15, 0.2) is 0 Å². The van der Waals surface area contributed by atoms with Gasteiger partial charge >= 0.3 is 0 Å². The van der Waals surface area contributed by atoms with Crippen LogP contribution in [-0.4, -0.2) is 39.2 Å². The molecule has 0 unspecified atom stereocenters. The van der Waals surface area contributed by atoms with Crippen molar-refractivity contribution in [1.29, 1.82) is 0 Å². The van der Waals surface area contributed by atoms with Crippen molar-refractivity contribution in [3.05, 3.63) is 29.8 Å². The molecular weight excluding hydrogens is 278 g/mol. The summed E-state index contributed by atoms with van der Waals surface area (Å²) < 4.78 is 5.20. The van der Waals surface area contributed by atoms with Crippen LogP contribution in [-0.2, 0) is 4.79 Å². The molecule has 1 aromatic rings. The van der Waals surface area contributed by atoms with Crippen LogP contribution < -0.4 is 20.7 Å². The Balaban J connectivity index is 2.00. The molecule has 1 aliphatic rings. The summed E-state index contributed by atoms with van der Waals surface area (Å²) >= 11 is 0. The summed E-state index contributed by atoms with van der Waals surface area (Å²) in [5.41, 5.74) is 1.12. The van der Waals surface area contributed by atoms with E-state index >= 15 is 0 Å². The van der Waals surface area contributed by atoms with Crippen LogP contribution in [0.2, 0.25) is 0 Å². The summed E-state index contributed by atoms with van der Waals surface area (Å²) in [7, 11) is 1.66. The van der Waals surface area contributed by atoms with Gasteiger partial charge in [0, 0.05) is 19.0 Å². The SMILES string of the molecule is COc1ccc([C@@H]2CC(=O)NCCCCNCCCN2)cc1. The van der Waals surface area contributed by atoms with Gasteiger partial charge in [-0.1, -0.05) is 12.1 Å². The van der Waals surface area contributed by atoms with Gasteiger partial charge in [0.05, 0.1) is 7.11 Å². The molecule has 1 aromatic carbocycles. The average molecular weight is 305 g/mol. The van der Waals surface area contributed by atoms with Crippen LogP contribution in [0.1, 0.15) is 37.3 Å². The molecule has 1 fully saturated rings. The summed E-state index contributed by atoms with van der Waals surface area (Å²) in [5.74, 6) is 0.947. The minimum absolute atomic E-state index is 0.0478. The molecule has 22 heavy (non-hydrogen) atoms. The zero-order valence-electron chi connectivity index (χ0n) is 13.4. The van der Waals surface area contributed by atoms with E-state index in [0.29, 0.717) is 6.42 Å². The topological polar surface area (TPSA) is 62.4 Å². The van der Waals surface area contributed by atoms with Gasteiger partial charge in [-0.15, -0.1) is 0 Å². The first-order chi connectivity index (χ1) is 10.8. The van der Waals surface area contributed by atoms with E-state index in [2.05, 4.69) is 16.0 Å². The molecule has 0 saturated carbocycles. The quantitative estimate of drug-likeness (QED) is 0.777. The summed E-state index contributed by atoms with van der Waals surface area (Å²) in [6.45, 7) is 3.70. The molecule has 1 amide bonds. The zero-order valence-corrected chi connectivity index (χ0v) is 13.4. The summed E-state index contributed by atoms with van der Waals surface area (Å²) in [4.78, 5) is 12.1. The van der Waals surface area contributed by atoms with Crippen molar-refractivity contribution in [2.45, 2.75) is 31.7 Å². The highest BCUT2D eigenvalue weighted by Crippen LogP contribution is 2.20. The highest BCUT2D eigenvalue weighted by atomic mass is 16.5. The van der Waals surface area contributed by atoms with Gasteiger partial charge in [-0.3, -0.25) is 4.79 Å². The minimum Gasteiger partial charge on any atom is -0.497 e. The van der Waals surface area contributed by atoms with E-state index in [1.165, 1.54) is 0 Å². The fraction of sp³-hybridized carbons (Fsp3) is 0.588. The molecule has 5 heteroatoms. The fourth-order valence-corrected chi connectivity index (χ4v) is 2.62. The molecule has 0 radical (unpaired) electrons. The average Bonchev–Trinajstić information content (AvgIpc) is 2.57. The van der Waals surface area contributed by atoms with Gasteiger partial charge in [0.25, 0.3) is 0 Å². The van der Waals surface area contributed by atoms with Crippen molar-refractivity contribution in [2.75, 3.05) is 33.3 Å². The van der Waals surface area contributed by atoms with Gasteiger partial charge in [-0.05, 0) is 56.6 Å².